The Morgan fingerprint density at radius 2 is 0.780 bits per heavy atom. The van der Waals surface area contributed by atoms with Crippen LogP contribution < -0.4 is 5.32 Å². The van der Waals surface area contributed by atoms with Crippen LogP contribution in [0.4, 0.5) is 0 Å². The molecule has 27 heteroatoms. The van der Waals surface area contributed by atoms with Gasteiger partial charge in [0, 0.05) is 6.92 Å². The summed E-state index contributed by atoms with van der Waals surface area (Å²) in [6.07, 6.45) is -44.3. The van der Waals surface area contributed by atoms with Crippen molar-refractivity contribution in [3.63, 3.8) is 0 Å². The first kappa shape index (κ1) is 48.5. The van der Waals surface area contributed by atoms with Gasteiger partial charge in [-0.2, -0.15) is 0 Å². The van der Waals surface area contributed by atoms with Crippen molar-refractivity contribution in [2.24, 2.45) is 0 Å². The van der Waals surface area contributed by atoms with E-state index < -0.39 is 192 Å². The first-order chi connectivity index (χ1) is 27.9. The minimum Gasteiger partial charge on any atom is -0.394 e. The zero-order chi connectivity index (χ0) is 43.6. The van der Waals surface area contributed by atoms with Gasteiger partial charge in [-0.25, -0.2) is 0 Å². The van der Waals surface area contributed by atoms with Crippen LogP contribution in [0.3, 0.4) is 0 Å². The number of aliphatic hydroxyl groups is 16. The van der Waals surface area contributed by atoms with Gasteiger partial charge in [0.15, 0.2) is 31.5 Å². The number of nitrogens with one attached hydrogen (secondary N) is 1. The molecule has 27 nitrogen and oxygen atoms in total. The van der Waals surface area contributed by atoms with E-state index in [9.17, 15) is 86.5 Å². The van der Waals surface area contributed by atoms with Crippen molar-refractivity contribution < 1.29 is 129 Å². The highest BCUT2D eigenvalue weighted by Crippen LogP contribution is 2.35. The molecule has 0 spiro atoms. The molecule has 0 aromatic heterocycles. The van der Waals surface area contributed by atoms with Crippen LogP contribution in [-0.4, -0.2) is 274 Å². The van der Waals surface area contributed by atoms with Crippen molar-refractivity contribution in [2.45, 2.75) is 160 Å². The van der Waals surface area contributed by atoms with E-state index >= 15 is 0 Å². The fourth-order valence-corrected chi connectivity index (χ4v) is 7.43. The van der Waals surface area contributed by atoms with Gasteiger partial charge in [0.1, 0.15) is 122 Å². The molecule has 0 saturated carbocycles. The fraction of sp³-hybridized carbons (Fsp3) is 0.969. The highest BCUT2D eigenvalue weighted by atomic mass is 16.8. The third-order valence-corrected chi connectivity index (χ3v) is 10.7. The van der Waals surface area contributed by atoms with E-state index in [0.717, 1.165) is 6.92 Å². The van der Waals surface area contributed by atoms with Crippen molar-refractivity contribution in [1.29, 1.82) is 0 Å². The Bertz CT molecular complexity index is 1320. The molecule has 5 aliphatic rings. The Balaban J connectivity index is 1.35. The van der Waals surface area contributed by atoms with Crippen molar-refractivity contribution in [3.8, 4) is 0 Å². The van der Waals surface area contributed by atoms with E-state index in [1.165, 1.54) is 0 Å². The lowest BCUT2D eigenvalue weighted by Crippen LogP contribution is -2.70. The molecule has 5 heterocycles. The molecule has 1 unspecified atom stereocenters. The first-order valence-corrected chi connectivity index (χ1v) is 18.6. The van der Waals surface area contributed by atoms with Crippen molar-refractivity contribution in [2.75, 3.05) is 33.0 Å². The summed E-state index contributed by atoms with van der Waals surface area (Å²) in [6.45, 7) is -3.57. The highest BCUT2D eigenvalue weighted by Gasteiger charge is 2.57. The molecule has 5 aliphatic heterocycles. The van der Waals surface area contributed by atoms with Crippen LogP contribution in [-0.2, 0) is 47.4 Å². The van der Waals surface area contributed by atoms with Crippen molar-refractivity contribution in [1.82, 2.24) is 5.32 Å². The number of hydrogen-bond acceptors (Lipinski definition) is 26. The van der Waals surface area contributed by atoms with Gasteiger partial charge in [0.2, 0.25) is 5.91 Å². The highest BCUT2D eigenvalue weighted by molar-refractivity contribution is 5.73. The Morgan fingerprint density at radius 3 is 1.24 bits per heavy atom. The zero-order valence-electron chi connectivity index (χ0n) is 31.2. The lowest BCUT2D eigenvalue weighted by atomic mass is 9.94. The van der Waals surface area contributed by atoms with Crippen LogP contribution >= 0.6 is 0 Å². The SMILES string of the molecule is CC(=O)N[C@H]1[C@H](O[C@H]2[C@@H](O)[C@@H](CO)O[C@@H](O[C@H]3[C@H](O)[C@@H](O)C(O)O[C@@H]3CO)[C@@H]2O)O[C@H](CO)[C@@H](O[C@@H]2O[C@H](CO)[C@H](O)[C@H](O[C@@H]3O[C@H](CO)[C@H](O)[C@H](O)[C@H]3O)[C@H]2O)[C@@H]1O. The van der Waals surface area contributed by atoms with Crippen molar-refractivity contribution in [3.05, 3.63) is 0 Å². The summed E-state index contributed by atoms with van der Waals surface area (Å²) in [5.74, 6) is -0.817. The molecule has 344 valence electrons. The molecule has 0 aromatic carbocycles. The molecule has 5 saturated heterocycles. The summed E-state index contributed by atoms with van der Waals surface area (Å²) in [7, 11) is 0. The summed E-state index contributed by atoms with van der Waals surface area (Å²) in [6, 6.07) is -1.72. The number of rotatable bonds is 14. The maximum absolute atomic E-state index is 12.4. The van der Waals surface area contributed by atoms with Gasteiger partial charge in [-0.3, -0.25) is 4.79 Å². The van der Waals surface area contributed by atoms with E-state index in [0.29, 0.717) is 0 Å². The van der Waals surface area contributed by atoms with Crippen molar-refractivity contribution >= 4 is 5.91 Å². The molecule has 25 atom stereocenters. The average molecular weight is 870 g/mol. The van der Waals surface area contributed by atoms with Gasteiger partial charge >= 0.3 is 0 Å². The first-order valence-electron chi connectivity index (χ1n) is 18.6. The molecular formula is C32H55NO26. The monoisotopic (exact) mass is 869 g/mol. The smallest absolute Gasteiger partial charge is 0.217 e. The van der Waals surface area contributed by atoms with Gasteiger partial charge in [-0.15, -0.1) is 0 Å². The molecule has 0 aliphatic carbocycles. The molecule has 59 heavy (non-hydrogen) atoms. The van der Waals surface area contributed by atoms with E-state index in [1.807, 2.05) is 0 Å². The van der Waals surface area contributed by atoms with Crippen LogP contribution in [0.2, 0.25) is 0 Å². The predicted octanol–water partition coefficient (Wildman–Crippen LogP) is -11.8. The van der Waals surface area contributed by atoms with Crippen LogP contribution in [0, 0.1) is 0 Å². The summed E-state index contributed by atoms with van der Waals surface area (Å²) >= 11 is 0. The predicted molar refractivity (Wildman–Crippen MR) is 178 cm³/mol. The summed E-state index contributed by atoms with van der Waals surface area (Å²) in [5, 5.41) is 169. The van der Waals surface area contributed by atoms with Crippen LogP contribution in [0.15, 0.2) is 0 Å². The number of carbonyl (C=O) groups is 1. The minimum absolute atomic E-state index is 0.817. The Kier molecular flexibility index (Phi) is 17.1. The van der Waals surface area contributed by atoms with Gasteiger partial charge in [0.05, 0.1) is 33.0 Å². The maximum atomic E-state index is 12.4. The van der Waals surface area contributed by atoms with Gasteiger partial charge in [0.25, 0.3) is 0 Å². The zero-order valence-corrected chi connectivity index (χ0v) is 31.2. The van der Waals surface area contributed by atoms with Gasteiger partial charge < -0.3 is 130 Å². The molecule has 0 radical (unpaired) electrons. The van der Waals surface area contributed by atoms with E-state index in [-0.39, 0.29) is 0 Å². The Morgan fingerprint density at radius 1 is 0.407 bits per heavy atom. The summed E-state index contributed by atoms with van der Waals surface area (Å²) < 4.78 is 50.0. The second-order valence-electron chi connectivity index (χ2n) is 14.7. The number of ether oxygens (including phenoxy) is 9. The van der Waals surface area contributed by atoms with Gasteiger partial charge in [-0.1, -0.05) is 0 Å². The number of hydrogen-bond donors (Lipinski definition) is 17. The van der Waals surface area contributed by atoms with Gasteiger partial charge in [-0.05, 0) is 0 Å². The number of aliphatic hydroxyl groups excluding tert-OH is 16. The lowest BCUT2D eigenvalue weighted by molar-refractivity contribution is -0.386. The molecular weight excluding hydrogens is 814 g/mol. The standard InChI is InChI=1S/C32H55NO26/c1-7(39)33-13-17(43)24(56-31-23(49)27(16(42)10(4-36)53-31)59-30-21(47)18(44)14(40)8(2-34)52-30)12(6-38)55-29(13)58-26-15(41)9(3-35)54-32(22(26)48)57-25-11(5-37)51-28(50)20(46)19(25)45/h8-32,34-38,40-50H,2-6H2,1H3,(H,33,39)/t8-,9-,10-,11-,12-,13-,14+,15+,16+,17-,18+,19-,20-,21-,22-,23-,24-,25-,26+,27+,28?,29+,30+,31+,32+/m1/s1. The third kappa shape index (κ3) is 10.2. The van der Waals surface area contributed by atoms with Crippen LogP contribution in [0.25, 0.3) is 0 Å². The molecule has 5 fully saturated rings. The molecule has 17 N–H and O–H groups in total. The largest absolute Gasteiger partial charge is 0.394 e. The molecule has 0 bridgehead atoms. The molecule has 5 rings (SSSR count). The maximum Gasteiger partial charge on any atom is 0.217 e. The number of carbonyl (C=O) groups excluding carboxylic acids is 1. The second kappa shape index (κ2) is 20.8. The third-order valence-electron chi connectivity index (χ3n) is 10.7. The summed E-state index contributed by atoms with van der Waals surface area (Å²) in [5.41, 5.74) is 0. The Hall–Kier alpha value is -1.53. The van der Waals surface area contributed by atoms with Crippen LogP contribution in [0.5, 0.6) is 0 Å². The van der Waals surface area contributed by atoms with E-state index in [2.05, 4.69) is 5.32 Å². The van der Waals surface area contributed by atoms with Crippen LogP contribution in [0.1, 0.15) is 6.92 Å². The average Bonchev–Trinajstić information content (AvgIpc) is 3.21. The quantitative estimate of drug-likeness (QED) is 0.0770. The topological polar surface area (TPSA) is 436 Å². The number of amides is 1. The fourth-order valence-electron chi connectivity index (χ4n) is 7.43. The minimum atomic E-state index is -2.09. The normalized spacial score (nSPS) is 51.0. The molecule has 0 aromatic rings. The lowest BCUT2D eigenvalue weighted by Gasteiger charge is -2.50. The molecule has 1 amide bonds. The second-order valence-corrected chi connectivity index (χ2v) is 14.7. The Labute approximate surface area is 333 Å². The van der Waals surface area contributed by atoms with E-state index in [1.54, 1.807) is 0 Å². The van der Waals surface area contributed by atoms with E-state index in [4.69, 9.17) is 42.6 Å². The summed E-state index contributed by atoms with van der Waals surface area (Å²) in [4.78, 5) is 12.4.